The minimum atomic E-state index is 0.0195. The van der Waals surface area contributed by atoms with E-state index in [-0.39, 0.29) is 6.17 Å². The smallest absolute Gasteiger partial charge is 0.143 e. The third-order valence-electron chi connectivity index (χ3n) is 10.1. The fourth-order valence-electron chi connectivity index (χ4n) is 7.63. The summed E-state index contributed by atoms with van der Waals surface area (Å²) >= 11 is 0. The molecule has 2 heterocycles. The highest BCUT2D eigenvalue weighted by Gasteiger charge is 2.31. The molecule has 0 radical (unpaired) electrons. The van der Waals surface area contributed by atoms with Crippen molar-refractivity contribution in [3.8, 4) is 33.4 Å². The highest BCUT2D eigenvalue weighted by atomic mass is 16.3. The number of fused-ring (bicyclic) bond motifs is 5. The first-order chi connectivity index (χ1) is 24.8. The van der Waals surface area contributed by atoms with Crippen molar-refractivity contribution < 1.29 is 4.42 Å². The molecule has 3 heteroatoms. The highest BCUT2D eigenvalue weighted by molar-refractivity contribution is 6.18. The molecular formula is C47H32N2O. The minimum Gasteiger partial charge on any atom is -0.455 e. The average Bonchev–Trinajstić information content (AvgIpc) is 3.76. The summed E-state index contributed by atoms with van der Waals surface area (Å²) in [4.78, 5) is 2.39. The van der Waals surface area contributed by atoms with Crippen molar-refractivity contribution in [3.63, 3.8) is 0 Å². The first-order valence-corrected chi connectivity index (χ1v) is 17.1. The number of benzene rings is 8. The van der Waals surface area contributed by atoms with Crippen LogP contribution < -0.4 is 10.2 Å². The lowest BCUT2D eigenvalue weighted by Crippen LogP contribution is -2.23. The van der Waals surface area contributed by atoms with Gasteiger partial charge in [-0.05, 0) is 80.6 Å². The topological polar surface area (TPSA) is 28.4 Å². The lowest BCUT2D eigenvalue weighted by Gasteiger charge is -2.27. The van der Waals surface area contributed by atoms with Crippen molar-refractivity contribution in [3.05, 3.63) is 188 Å². The van der Waals surface area contributed by atoms with E-state index in [0.29, 0.717) is 0 Å². The van der Waals surface area contributed by atoms with Crippen molar-refractivity contribution >= 4 is 49.8 Å². The van der Waals surface area contributed by atoms with E-state index in [1.807, 2.05) is 6.07 Å². The van der Waals surface area contributed by atoms with Gasteiger partial charge in [0.25, 0.3) is 0 Å². The molecule has 50 heavy (non-hydrogen) atoms. The van der Waals surface area contributed by atoms with Gasteiger partial charge in [-0.15, -0.1) is 0 Å². The Morgan fingerprint density at radius 3 is 1.78 bits per heavy atom. The van der Waals surface area contributed by atoms with Gasteiger partial charge in [-0.3, -0.25) is 0 Å². The molecular weight excluding hydrogens is 609 g/mol. The zero-order valence-corrected chi connectivity index (χ0v) is 27.3. The maximum atomic E-state index is 6.49. The molecule has 0 bridgehead atoms. The lowest BCUT2D eigenvalue weighted by atomic mass is 9.93. The third kappa shape index (κ3) is 4.67. The lowest BCUT2D eigenvalue weighted by molar-refractivity contribution is 0.670. The Hall–Kier alpha value is -6.58. The maximum absolute atomic E-state index is 6.49. The van der Waals surface area contributed by atoms with Crippen LogP contribution in [0.15, 0.2) is 186 Å². The summed E-state index contributed by atoms with van der Waals surface area (Å²) in [6.07, 6.45) is 0.0195. The number of para-hydroxylation sites is 2. The molecule has 1 aromatic heterocycles. The molecule has 1 unspecified atom stereocenters. The van der Waals surface area contributed by atoms with E-state index < -0.39 is 0 Å². The summed E-state index contributed by atoms with van der Waals surface area (Å²) in [5, 5.41) is 8.52. The van der Waals surface area contributed by atoms with Crippen LogP contribution in [-0.4, -0.2) is 0 Å². The molecule has 236 valence electrons. The van der Waals surface area contributed by atoms with Crippen LogP contribution in [0.5, 0.6) is 0 Å². The third-order valence-corrected chi connectivity index (χ3v) is 10.1. The van der Waals surface area contributed by atoms with Crippen LogP contribution in [0.25, 0.3) is 66.1 Å². The minimum absolute atomic E-state index is 0.0195. The molecule has 0 amide bonds. The predicted molar refractivity (Wildman–Crippen MR) is 209 cm³/mol. The van der Waals surface area contributed by atoms with Gasteiger partial charge in [0, 0.05) is 22.0 Å². The van der Waals surface area contributed by atoms with Crippen LogP contribution in [0.2, 0.25) is 0 Å². The number of nitrogens with zero attached hydrogens (tertiary/aromatic N) is 1. The SMILES string of the molecule is c1ccc(C2Nc3cc(-c4ccc(-c5ccc(-c6c7ccccc7cc7c6oc6ccccc67)cc5)cc4)ccc3N2c2ccccc2)cc1. The quantitative estimate of drug-likeness (QED) is 0.203. The van der Waals surface area contributed by atoms with E-state index in [1.54, 1.807) is 0 Å². The van der Waals surface area contributed by atoms with E-state index in [1.165, 1.54) is 44.3 Å². The van der Waals surface area contributed by atoms with Gasteiger partial charge in [0.1, 0.15) is 17.3 Å². The van der Waals surface area contributed by atoms with Gasteiger partial charge < -0.3 is 14.6 Å². The number of hydrogen-bond donors (Lipinski definition) is 1. The van der Waals surface area contributed by atoms with Gasteiger partial charge in [0.15, 0.2) is 0 Å². The van der Waals surface area contributed by atoms with Crippen LogP contribution in [-0.2, 0) is 0 Å². The van der Waals surface area contributed by atoms with Crippen LogP contribution in [0, 0.1) is 0 Å². The normalized spacial score (nSPS) is 13.9. The van der Waals surface area contributed by atoms with Crippen molar-refractivity contribution in [2.24, 2.45) is 0 Å². The largest absolute Gasteiger partial charge is 0.455 e. The summed E-state index contributed by atoms with van der Waals surface area (Å²) < 4.78 is 6.49. The Morgan fingerprint density at radius 1 is 0.460 bits per heavy atom. The van der Waals surface area contributed by atoms with Crippen LogP contribution in [0.1, 0.15) is 11.7 Å². The van der Waals surface area contributed by atoms with Gasteiger partial charge in [-0.1, -0.05) is 146 Å². The standard InChI is InChI=1S/C47H32N2O/c1-3-11-35(12-4-1)47-48-42-30-36(27-28-43(42)49(47)38-14-5-2-6-15-38)33-21-19-31(20-22-33)32-23-25-34(26-24-32)45-39-16-8-7-13-37(39)29-41-40-17-9-10-18-44(40)50-46(41)45/h1-30,47-48H. The summed E-state index contributed by atoms with van der Waals surface area (Å²) in [5.74, 6) is 0. The summed E-state index contributed by atoms with van der Waals surface area (Å²) in [6.45, 7) is 0. The van der Waals surface area contributed by atoms with Gasteiger partial charge in [-0.2, -0.15) is 0 Å². The number of anilines is 3. The second-order valence-corrected chi connectivity index (χ2v) is 13.0. The van der Waals surface area contributed by atoms with E-state index in [0.717, 1.165) is 44.4 Å². The highest BCUT2D eigenvalue weighted by Crippen LogP contribution is 2.47. The molecule has 3 nitrogen and oxygen atoms in total. The second kappa shape index (κ2) is 11.5. The van der Waals surface area contributed by atoms with Crippen molar-refractivity contribution in [2.45, 2.75) is 6.17 Å². The Bertz CT molecular complexity index is 2660. The second-order valence-electron chi connectivity index (χ2n) is 13.0. The van der Waals surface area contributed by atoms with Gasteiger partial charge >= 0.3 is 0 Å². The number of rotatable bonds is 5. The Morgan fingerprint density at radius 2 is 1.04 bits per heavy atom. The van der Waals surface area contributed by atoms with Crippen LogP contribution in [0.3, 0.4) is 0 Å². The predicted octanol–water partition coefficient (Wildman–Crippen LogP) is 13.0. The number of nitrogens with one attached hydrogen (secondary N) is 1. The molecule has 10 rings (SSSR count). The van der Waals surface area contributed by atoms with Gasteiger partial charge in [-0.25, -0.2) is 0 Å². The van der Waals surface area contributed by atoms with E-state index in [2.05, 4.69) is 186 Å². The first-order valence-electron chi connectivity index (χ1n) is 17.1. The fourth-order valence-corrected chi connectivity index (χ4v) is 7.63. The molecule has 1 N–H and O–H groups in total. The van der Waals surface area contributed by atoms with E-state index in [9.17, 15) is 0 Å². The molecule has 0 fully saturated rings. The van der Waals surface area contributed by atoms with Crippen molar-refractivity contribution in [1.29, 1.82) is 0 Å². The Balaban J connectivity index is 0.971. The molecule has 0 aliphatic carbocycles. The molecule has 0 saturated carbocycles. The number of hydrogen-bond acceptors (Lipinski definition) is 3. The maximum Gasteiger partial charge on any atom is 0.143 e. The van der Waals surface area contributed by atoms with E-state index in [4.69, 9.17) is 4.42 Å². The molecule has 1 aliphatic heterocycles. The molecule has 8 aromatic carbocycles. The first kappa shape index (κ1) is 28.4. The summed E-state index contributed by atoms with van der Waals surface area (Å²) in [7, 11) is 0. The Labute approximate surface area is 290 Å². The molecule has 1 atom stereocenters. The summed E-state index contributed by atoms with van der Waals surface area (Å²) in [5.41, 5.74) is 13.6. The van der Waals surface area contributed by atoms with Crippen molar-refractivity contribution in [2.75, 3.05) is 10.2 Å². The molecule has 9 aromatic rings. The van der Waals surface area contributed by atoms with E-state index >= 15 is 0 Å². The molecule has 0 spiro atoms. The zero-order chi connectivity index (χ0) is 33.0. The Kier molecular flexibility index (Phi) is 6.56. The van der Waals surface area contributed by atoms with Crippen LogP contribution in [0.4, 0.5) is 17.1 Å². The van der Waals surface area contributed by atoms with Gasteiger partial charge in [0.05, 0.1) is 11.4 Å². The van der Waals surface area contributed by atoms with Crippen molar-refractivity contribution in [1.82, 2.24) is 0 Å². The summed E-state index contributed by atoms with van der Waals surface area (Å²) in [6, 6.07) is 65.0. The molecule has 0 saturated heterocycles. The number of furan rings is 1. The molecule has 1 aliphatic rings. The zero-order valence-electron chi connectivity index (χ0n) is 27.3. The fraction of sp³-hybridized carbons (Fsp3) is 0.0213. The average molecular weight is 641 g/mol. The van der Waals surface area contributed by atoms with Gasteiger partial charge in [0.2, 0.25) is 0 Å². The van der Waals surface area contributed by atoms with Crippen LogP contribution >= 0.6 is 0 Å². The monoisotopic (exact) mass is 640 g/mol.